The van der Waals surface area contributed by atoms with Crippen LogP contribution in [-0.4, -0.2) is 72.2 Å². The predicted molar refractivity (Wildman–Crippen MR) is 173 cm³/mol. The van der Waals surface area contributed by atoms with Gasteiger partial charge in [-0.2, -0.15) is 0 Å². The van der Waals surface area contributed by atoms with Gasteiger partial charge in [-0.1, -0.05) is 30.7 Å². The van der Waals surface area contributed by atoms with Crippen molar-refractivity contribution in [2.45, 2.75) is 50.7 Å². The number of anilines is 1. The van der Waals surface area contributed by atoms with Crippen LogP contribution in [0.5, 0.6) is 23.0 Å². The van der Waals surface area contributed by atoms with Gasteiger partial charge in [0.05, 0.1) is 39.0 Å². The molecule has 1 N–H and O–H groups in total. The van der Waals surface area contributed by atoms with Gasteiger partial charge in [-0.3, -0.25) is 13.9 Å². The van der Waals surface area contributed by atoms with Crippen LogP contribution in [0.25, 0.3) is 0 Å². The number of amides is 2. The highest BCUT2D eigenvalue weighted by Gasteiger charge is 2.35. The fraction of sp³-hybridized carbons (Fsp3) is 0.375. The van der Waals surface area contributed by atoms with E-state index in [4.69, 9.17) is 30.5 Å². The van der Waals surface area contributed by atoms with E-state index in [9.17, 15) is 18.0 Å². The molecule has 244 valence electrons. The lowest BCUT2D eigenvalue weighted by molar-refractivity contribution is -0.139. The minimum Gasteiger partial charge on any atom is -0.497 e. The third kappa shape index (κ3) is 8.52. The van der Waals surface area contributed by atoms with Crippen molar-refractivity contribution in [2.75, 3.05) is 39.3 Å². The highest BCUT2D eigenvalue weighted by Crippen LogP contribution is 2.37. The van der Waals surface area contributed by atoms with Crippen LogP contribution in [0.1, 0.15) is 32.8 Å². The molecule has 3 aromatic carbocycles. The number of rotatable bonds is 15. The predicted octanol–water partition coefficient (Wildman–Crippen LogP) is 4.90. The monoisotopic (exact) mass is 661 g/mol. The number of carbonyl (C=O) groups excluding carboxylic acids is 2. The summed E-state index contributed by atoms with van der Waals surface area (Å²) in [7, 11) is 1.20. The van der Waals surface area contributed by atoms with Crippen molar-refractivity contribution in [3.63, 3.8) is 0 Å². The molecule has 3 aromatic rings. The molecule has 0 aromatic heterocycles. The molecule has 0 saturated heterocycles. The molecular weight excluding hydrogens is 622 g/mol. The SMILES string of the molecule is CC[C@H](C)NC(=O)[C@@H](C)N(Cc1cccc(Cl)c1)C(=O)CN(c1cc(OC)ccc1OC)S(=O)(=O)c1ccc(OC)c(OC)c1. The Morgan fingerprint density at radius 1 is 0.867 bits per heavy atom. The molecule has 3 rings (SSSR count). The van der Waals surface area contributed by atoms with Crippen molar-refractivity contribution < 1.29 is 37.0 Å². The molecule has 0 aliphatic heterocycles. The highest BCUT2D eigenvalue weighted by molar-refractivity contribution is 7.92. The van der Waals surface area contributed by atoms with Crippen molar-refractivity contribution in [2.24, 2.45) is 0 Å². The number of halogens is 1. The molecule has 0 heterocycles. The topological polar surface area (TPSA) is 124 Å². The van der Waals surface area contributed by atoms with E-state index in [-0.39, 0.29) is 40.6 Å². The fourth-order valence-corrected chi connectivity index (χ4v) is 6.13. The molecule has 0 fully saturated rings. The first-order valence-corrected chi connectivity index (χ1v) is 16.0. The molecular formula is C32H40ClN3O8S. The second-order valence-electron chi connectivity index (χ2n) is 10.2. The third-order valence-electron chi connectivity index (χ3n) is 7.29. The van der Waals surface area contributed by atoms with E-state index in [1.807, 2.05) is 13.8 Å². The molecule has 45 heavy (non-hydrogen) atoms. The zero-order chi connectivity index (χ0) is 33.3. The van der Waals surface area contributed by atoms with E-state index >= 15 is 0 Å². The second-order valence-corrected chi connectivity index (χ2v) is 12.5. The Balaban J connectivity index is 2.17. The van der Waals surface area contributed by atoms with Gasteiger partial charge in [-0.25, -0.2) is 8.42 Å². The number of methoxy groups -OCH3 is 4. The number of hydrogen-bond acceptors (Lipinski definition) is 8. The number of hydrogen-bond donors (Lipinski definition) is 1. The highest BCUT2D eigenvalue weighted by atomic mass is 35.5. The van der Waals surface area contributed by atoms with Crippen molar-refractivity contribution in [1.82, 2.24) is 10.2 Å². The Morgan fingerprint density at radius 2 is 1.53 bits per heavy atom. The van der Waals surface area contributed by atoms with Gasteiger partial charge in [0.1, 0.15) is 24.1 Å². The summed E-state index contributed by atoms with van der Waals surface area (Å²) < 4.78 is 51.2. The zero-order valence-electron chi connectivity index (χ0n) is 26.5. The first-order chi connectivity index (χ1) is 21.4. The maximum absolute atomic E-state index is 14.4. The zero-order valence-corrected chi connectivity index (χ0v) is 28.1. The van der Waals surface area contributed by atoms with Crippen LogP contribution in [0.4, 0.5) is 5.69 Å². The number of nitrogens with one attached hydrogen (secondary N) is 1. The molecule has 0 radical (unpaired) electrons. The van der Waals surface area contributed by atoms with E-state index in [1.54, 1.807) is 43.3 Å². The Labute approximate surface area is 270 Å². The minimum atomic E-state index is -4.45. The first kappa shape index (κ1) is 35.3. The molecule has 13 heteroatoms. The Hall–Kier alpha value is -4.16. The molecule has 2 atom stereocenters. The lowest BCUT2D eigenvalue weighted by Gasteiger charge is -2.33. The smallest absolute Gasteiger partial charge is 0.265 e. The largest absolute Gasteiger partial charge is 0.497 e. The summed E-state index contributed by atoms with van der Waals surface area (Å²) in [6.07, 6.45) is 0.688. The summed E-state index contributed by atoms with van der Waals surface area (Å²) in [5.41, 5.74) is 0.715. The number of sulfonamides is 1. The van der Waals surface area contributed by atoms with Crippen LogP contribution in [-0.2, 0) is 26.2 Å². The number of benzene rings is 3. The van der Waals surface area contributed by atoms with Gasteiger partial charge in [0.2, 0.25) is 11.8 Å². The van der Waals surface area contributed by atoms with Crippen molar-refractivity contribution >= 4 is 39.1 Å². The lowest BCUT2D eigenvalue weighted by Crippen LogP contribution is -2.52. The number of carbonyl (C=O) groups is 2. The van der Waals surface area contributed by atoms with Gasteiger partial charge < -0.3 is 29.2 Å². The number of nitrogens with zero attached hydrogens (tertiary/aromatic N) is 2. The van der Waals surface area contributed by atoms with Crippen molar-refractivity contribution in [3.05, 3.63) is 71.2 Å². The van der Waals surface area contributed by atoms with Gasteiger partial charge in [0.25, 0.3) is 10.0 Å². The molecule has 2 amide bonds. The molecule has 11 nitrogen and oxygen atoms in total. The van der Waals surface area contributed by atoms with Crippen molar-refractivity contribution in [1.29, 1.82) is 0 Å². The normalized spacial score (nSPS) is 12.4. The molecule has 0 unspecified atom stereocenters. The van der Waals surface area contributed by atoms with Gasteiger partial charge in [0.15, 0.2) is 11.5 Å². The van der Waals surface area contributed by atoms with Crippen LogP contribution >= 0.6 is 11.6 Å². The van der Waals surface area contributed by atoms with E-state index in [2.05, 4.69) is 5.32 Å². The summed E-state index contributed by atoms with van der Waals surface area (Å²) in [6, 6.07) is 14.5. The first-order valence-electron chi connectivity index (χ1n) is 14.2. The van der Waals surface area contributed by atoms with Gasteiger partial charge >= 0.3 is 0 Å². The average Bonchev–Trinajstić information content (AvgIpc) is 3.04. The fourth-order valence-electron chi connectivity index (χ4n) is 4.49. The van der Waals surface area contributed by atoms with Gasteiger partial charge in [-0.05, 0) is 62.2 Å². The van der Waals surface area contributed by atoms with Gasteiger partial charge in [0, 0.05) is 29.7 Å². The summed E-state index contributed by atoms with van der Waals surface area (Å²) in [6.45, 7) is 4.71. The molecule has 0 bridgehead atoms. The third-order valence-corrected chi connectivity index (χ3v) is 9.28. The maximum Gasteiger partial charge on any atom is 0.265 e. The van der Waals surface area contributed by atoms with E-state index < -0.39 is 28.5 Å². The second kappa shape index (κ2) is 15.7. The van der Waals surface area contributed by atoms with Crippen molar-refractivity contribution in [3.8, 4) is 23.0 Å². The standard InChI is InChI=1S/C32H40ClN3O8S/c1-8-21(2)34-32(38)22(3)35(19-23-10-9-11-24(33)16-23)31(37)20-36(27-17-25(41-4)12-14-28(27)42-5)45(39,40)26-13-15-29(43-6)30(18-26)44-7/h9-18,21-22H,8,19-20H2,1-7H3,(H,34,38)/t21-,22+/m0/s1. The van der Waals surface area contributed by atoms with E-state index in [0.29, 0.717) is 28.5 Å². The Bertz CT molecular complexity index is 1600. The summed E-state index contributed by atoms with van der Waals surface area (Å²) in [5.74, 6) is -0.00426. The minimum absolute atomic E-state index is 0.00597. The van der Waals surface area contributed by atoms with Crippen LogP contribution in [0.2, 0.25) is 5.02 Å². The number of ether oxygens (including phenoxy) is 4. The summed E-state index contributed by atoms with van der Waals surface area (Å²) in [4.78, 5) is 28.7. The van der Waals surface area contributed by atoms with Crippen LogP contribution in [0.3, 0.4) is 0 Å². The van der Waals surface area contributed by atoms with E-state index in [0.717, 1.165) is 4.31 Å². The van der Waals surface area contributed by atoms with Crippen LogP contribution in [0, 0.1) is 0 Å². The molecule has 0 aliphatic rings. The van der Waals surface area contributed by atoms with Crippen LogP contribution < -0.4 is 28.6 Å². The van der Waals surface area contributed by atoms with Gasteiger partial charge in [-0.15, -0.1) is 0 Å². The Morgan fingerprint density at radius 3 is 2.13 bits per heavy atom. The maximum atomic E-state index is 14.4. The molecule has 0 spiro atoms. The lowest BCUT2D eigenvalue weighted by atomic mass is 10.1. The summed E-state index contributed by atoms with van der Waals surface area (Å²) >= 11 is 6.22. The quantitative estimate of drug-likeness (QED) is 0.244. The van der Waals surface area contributed by atoms with Crippen LogP contribution in [0.15, 0.2) is 65.6 Å². The molecule has 0 aliphatic carbocycles. The average molecular weight is 662 g/mol. The van der Waals surface area contributed by atoms with E-state index in [1.165, 1.54) is 57.6 Å². The summed E-state index contributed by atoms with van der Waals surface area (Å²) in [5, 5.41) is 3.36. The molecule has 0 saturated carbocycles. The Kier molecular flexibility index (Phi) is 12.3.